The Morgan fingerprint density at radius 3 is 2.57 bits per heavy atom. The van der Waals surface area contributed by atoms with Crippen molar-refractivity contribution in [2.45, 2.75) is 19.8 Å². The van der Waals surface area contributed by atoms with Gasteiger partial charge in [0.1, 0.15) is 0 Å². The van der Waals surface area contributed by atoms with Crippen LogP contribution in [0.3, 0.4) is 0 Å². The first-order valence-electron chi connectivity index (χ1n) is 10.1. The molecule has 1 amide bonds. The molecule has 4 rings (SSSR count). The number of primary amides is 1. The zero-order chi connectivity index (χ0) is 21.3. The van der Waals surface area contributed by atoms with Gasteiger partial charge in [-0.05, 0) is 41.7 Å². The van der Waals surface area contributed by atoms with Crippen LogP contribution in [0.1, 0.15) is 35.7 Å². The molecule has 0 radical (unpaired) electrons. The first-order chi connectivity index (χ1) is 14.4. The van der Waals surface area contributed by atoms with Crippen LogP contribution in [0.5, 0.6) is 0 Å². The maximum Gasteiger partial charge on any atom is 0.250 e. The molecule has 1 aliphatic heterocycles. The molecule has 0 spiro atoms. The van der Waals surface area contributed by atoms with Gasteiger partial charge in [-0.2, -0.15) is 4.31 Å². The monoisotopic (exact) mass is 423 g/mol. The normalized spacial score (nSPS) is 15.3. The van der Waals surface area contributed by atoms with Gasteiger partial charge in [-0.3, -0.25) is 4.79 Å². The average molecular weight is 424 g/mol. The summed E-state index contributed by atoms with van der Waals surface area (Å²) in [5, 5.41) is 0.918. The SMILES string of the molecule is CCCS(=O)(=O)N1CC=C(c2c[nH]c3c(C(N)=O)cc(-c4ccccc4)cc23)CC1. The summed E-state index contributed by atoms with van der Waals surface area (Å²) >= 11 is 0. The van der Waals surface area contributed by atoms with E-state index in [1.165, 1.54) is 0 Å². The number of hydrogen-bond donors (Lipinski definition) is 2. The highest BCUT2D eigenvalue weighted by Crippen LogP contribution is 2.34. The number of rotatable bonds is 6. The van der Waals surface area contributed by atoms with Crippen LogP contribution in [0.25, 0.3) is 27.6 Å². The third kappa shape index (κ3) is 3.78. The number of nitrogens with two attached hydrogens (primary N) is 1. The molecule has 6 nitrogen and oxygen atoms in total. The fourth-order valence-corrected chi connectivity index (χ4v) is 5.47. The topological polar surface area (TPSA) is 96.3 Å². The van der Waals surface area contributed by atoms with Crippen molar-refractivity contribution in [3.8, 4) is 11.1 Å². The molecule has 156 valence electrons. The number of sulfonamides is 1. The summed E-state index contributed by atoms with van der Waals surface area (Å²) in [5.41, 5.74) is 10.8. The van der Waals surface area contributed by atoms with E-state index in [0.29, 0.717) is 37.0 Å². The largest absolute Gasteiger partial charge is 0.366 e. The van der Waals surface area contributed by atoms with Crippen molar-refractivity contribution in [1.29, 1.82) is 0 Å². The Hall–Kier alpha value is -2.90. The highest BCUT2D eigenvalue weighted by atomic mass is 32.2. The van der Waals surface area contributed by atoms with Crippen molar-refractivity contribution in [1.82, 2.24) is 9.29 Å². The zero-order valence-electron chi connectivity index (χ0n) is 16.9. The highest BCUT2D eigenvalue weighted by molar-refractivity contribution is 7.89. The maximum absolute atomic E-state index is 12.4. The van der Waals surface area contributed by atoms with Gasteiger partial charge in [0, 0.05) is 30.2 Å². The number of carbonyl (C=O) groups excluding carboxylic acids is 1. The molecule has 30 heavy (non-hydrogen) atoms. The van der Waals surface area contributed by atoms with E-state index in [-0.39, 0.29) is 5.75 Å². The van der Waals surface area contributed by atoms with Gasteiger partial charge in [0.05, 0.1) is 16.8 Å². The Bertz CT molecular complexity index is 1230. The van der Waals surface area contributed by atoms with Gasteiger partial charge in [-0.25, -0.2) is 8.42 Å². The molecule has 3 N–H and O–H groups in total. The molecule has 0 saturated heterocycles. The second-order valence-electron chi connectivity index (χ2n) is 7.53. The third-order valence-electron chi connectivity index (χ3n) is 5.54. The minimum absolute atomic E-state index is 0.172. The first kappa shape index (κ1) is 20.4. The molecule has 7 heteroatoms. The number of amides is 1. The second-order valence-corrected chi connectivity index (χ2v) is 9.62. The summed E-state index contributed by atoms with van der Waals surface area (Å²) in [6, 6.07) is 13.7. The van der Waals surface area contributed by atoms with Crippen LogP contribution in [0.15, 0.2) is 54.7 Å². The van der Waals surface area contributed by atoms with Gasteiger partial charge in [-0.1, -0.05) is 43.3 Å². The lowest BCUT2D eigenvalue weighted by molar-refractivity contribution is 0.100. The fourth-order valence-electron chi connectivity index (χ4n) is 4.02. The van der Waals surface area contributed by atoms with E-state index in [1.807, 2.05) is 55.6 Å². The Labute approximate surface area is 176 Å². The van der Waals surface area contributed by atoms with Crippen LogP contribution in [-0.2, 0) is 10.0 Å². The van der Waals surface area contributed by atoms with Crippen molar-refractivity contribution < 1.29 is 13.2 Å². The predicted octanol–water partition coefficient (Wildman–Crippen LogP) is 3.76. The van der Waals surface area contributed by atoms with Crippen molar-refractivity contribution in [3.63, 3.8) is 0 Å². The van der Waals surface area contributed by atoms with E-state index in [9.17, 15) is 13.2 Å². The van der Waals surface area contributed by atoms with Gasteiger partial charge in [0.2, 0.25) is 10.0 Å². The van der Waals surface area contributed by atoms with Gasteiger partial charge in [0.15, 0.2) is 0 Å². The van der Waals surface area contributed by atoms with Gasteiger partial charge >= 0.3 is 0 Å². The second kappa shape index (κ2) is 8.08. The van der Waals surface area contributed by atoms with Crippen LogP contribution in [0, 0.1) is 0 Å². The van der Waals surface area contributed by atoms with Crippen molar-refractivity contribution in [2.24, 2.45) is 5.73 Å². The molecule has 1 aliphatic rings. The van der Waals surface area contributed by atoms with Crippen LogP contribution in [0.2, 0.25) is 0 Å². The summed E-state index contributed by atoms with van der Waals surface area (Å²) in [4.78, 5) is 15.3. The standard InChI is InChI=1S/C23H25N3O3S/c1-2-12-30(28,29)26-10-8-17(9-11-26)21-15-25-22-19(21)13-18(14-20(22)23(24)27)16-6-4-3-5-7-16/h3-8,13-15,25H,2,9-12H2,1H3,(H2,24,27). The molecule has 2 aromatic carbocycles. The van der Waals surface area contributed by atoms with Crippen LogP contribution >= 0.6 is 0 Å². The summed E-state index contributed by atoms with van der Waals surface area (Å²) in [5.74, 6) is -0.313. The number of nitrogens with zero attached hydrogens (tertiary/aromatic N) is 1. The summed E-state index contributed by atoms with van der Waals surface area (Å²) in [7, 11) is -3.21. The average Bonchev–Trinajstić information content (AvgIpc) is 3.17. The number of nitrogens with one attached hydrogen (secondary N) is 1. The Kier molecular flexibility index (Phi) is 5.49. The summed E-state index contributed by atoms with van der Waals surface area (Å²) in [6.45, 7) is 2.70. The van der Waals surface area contributed by atoms with E-state index >= 15 is 0 Å². The number of carbonyl (C=O) groups is 1. The molecule has 0 aliphatic carbocycles. The third-order valence-corrected chi connectivity index (χ3v) is 7.58. The molecule has 0 unspecified atom stereocenters. The minimum Gasteiger partial charge on any atom is -0.366 e. The lowest BCUT2D eigenvalue weighted by Crippen LogP contribution is -2.36. The molecule has 0 fully saturated rings. The highest BCUT2D eigenvalue weighted by Gasteiger charge is 2.25. The number of aromatic amines is 1. The Balaban J connectivity index is 1.77. The van der Waals surface area contributed by atoms with Gasteiger partial charge in [-0.15, -0.1) is 0 Å². The Morgan fingerprint density at radius 1 is 1.17 bits per heavy atom. The number of benzene rings is 2. The summed E-state index contributed by atoms with van der Waals surface area (Å²) < 4.78 is 26.2. The molecule has 1 aromatic heterocycles. The lowest BCUT2D eigenvalue weighted by atomic mass is 9.95. The minimum atomic E-state index is -3.21. The van der Waals surface area contributed by atoms with Crippen molar-refractivity contribution in [2.75, 3.05) is 18.8 Å². The Morgan fingerprint density at radius 2 is 1.93 bits per heavy atom. The van der Waals surface area contributed by atoms with Crippen molar-refractivity contribution in [3.05, 3.63) is 65.9 Å². The fraction of sp³-hybridized carbons (Fsp3) is 0.261. The molecule has 2 heterocycles. The quantitative estimate of drug-likeness (QED) is 0.632. The van der Waals surface area contributed by atoms with Crippen LogP contribution < -0.4 is 5.73 Å². The van der Waals surface area contributed by atoms with E-state index in [0.717, 1.165) is 27.6 Å². The number of H-pyrrole nitrogens is 1. The van der Waals surface area contributed by atoms with E-state index in [4.69, 9.17) is 5.73 Å². The molecular formula is C23H25N3O3S. The number of fused-ring (bicyclic) bond motifs is 1. The van der Waals surface area contributed by atoms with E-state index in [1.54, 1.807) is 4.31 Å². The lowest BCUT2D eigenvalue weighted by Gasteiger charge is -2.25. The molecule has 0 saturated carbocycles. The molecule has 3 aromatic rings. The smallest absolute Gasteiger partial charge is 0.250 e. The summed E-state index contributed by atoms with van der Waals surface area (Å²) in [6.07, 6.45) is 5.08. The first-order valence-corrected chi connectivity index (χ1v) is 11.7. The van der Waals surface area contributed by atoms with Crippen molar-refractivity contribution >= 4 is 32.4 Å². The molecule has 0 atom stereocenters. The van der Waals surface area contributed by atoms with Gasteiger partial charge in [0.25, 0.3) is 5.91 Å². The maximum atomic E-state index is 12.4. The van der Waals surface area contributed by atoms with E-state index in [2.05, 4.69) is 11.1 Å². The number of hydrogen-bond acceptors (Lipinski definition) is 3. The number of aromatic nitrogens is 1. The van der Waals surface area contributed by atoms with Crippen LogP contribution in [-0.4, -0.2) is 42.5 Å². The van der Waals surface area contributed by atoms with E-state index < -0.39 is 15.9 Å². The molecular weight excluding hydrogens is 398 g/mol. The van der Waals surface area contributed by atoms with Crippen LogP contribution in [0.4, 0.5) is 0 Å². The zero-order valence-corrected chi connectivity index (χ0v) is 17.7. The molecule has 0 bridgehead atoms. The predicted molar refractivity (Wildman–Crippen MR) is 120 cm³/mol. The van der Waals surface area contributed by atoms with Gasteiger partial charge < -0.3 is 10.7 Å².